The highest BCUT2D eigenvalue weighted by Crippen LogP contribution is 2.06. The molecule has 0 amide bonds. The van der Waals surface area contributed by atoms with E-state index >= 15 is 0 Å². The predicted molar refractivity (Wildman–Crippen MR) is 48.9 cm³/mol. The number of aromatic nitrogens is 2. The van der Waals surface area contributed by atoms with Crippen LogP contribution >= 0.6 is 0 Å². The van der Waals surface area contributed by atoms with Crippen LogP contribution in [0.3, 0.4) is 0 Å². The lowest BCUT2D eigenvalue weighted by Crippen LogP contribution is -2.24. The van der Waals surface area contributed by atoms with Crippen LogP contribution < -0.4 is 5.73 Å². The van der Waals surface area contributed by atoms with Crippen molar-refractivity contribution in [1.82, 2.24) is 9.78 Å². The molecule has 1 aromatic heterocycles. The molecule has 0 spiro atoms. The van der Waals surface area contributed by atoms with E-state index in [1.165, 1.54) is 17.1 Å². The largest absolute Gasteiger partial charge is 0.314 e. The van der Waals surface area contributed by atoms with Gasteiger partial charge in [0.2, 0.25) is 0 Å². The van der Waals surface area contributed by atoms with E-state index in [0.717, 1.165) is 6.26 Å². The van der Waals surface area contributed by atoms with E-state index in [0.29, 0.717) is 0 Å². The molecular weight excluding hydrogens is 204 g/mol. The molecule has 0 aromatic carbocycles. The first kappa shape index (κ1) is 10.7. The summed E-state index contributed by atoms with van der Waals surface area (Å²) in [6.45, 7) is 0.187. The number of hydrogen-bond donors (Lipinski definition) is 1. The van der Waals surface area contributed by atoms with Crippen LogP contribution in [0.15, 0.2) is 17.3 Å². The highest BCUT2D eigenvalue weighted by molar-refractivity contribution is 7.90. The molecule has 76 valence electrons. The summed E-state index contributed by atoms with van der Waals surface area (Å²) in [5, 5.41) is 12.2. The van der Waals surface area contributed by atoms with E-state index < -0.39 is 15.9 Å². The summed E-state index contributed by atoms with van der Waals surface area (Å²) < 4.78 is 23.4. The highest BCUT2D eigenvalue weighted by atomic mass is 32.2. The standard InChI is InChI=1S/C7H10N4O2S/c1-14(12,13)7-3-10-11(5-7)4-6(9)2-8/h3,5-6H,4,9H2,1H3. The zero-order chi connectivity index (χ0) is 10.8. The molecule has 1 atom stereocenters. The Morgan fingerprint density at radius 3 is 2.86 bits per heavy atom. The van der Waals surface area contributed by atoms with Gasteiger partial charge in [-0.1, -0.05) is 0 Å². The van der Waals surface area contributed by atoms with Crippen LogP contribution in [-0.2, 0) is 16.4 Å². The Labute approximate surface area is 81.9 Å². The molecule has 0 bridgehead atoms. The van der Waals surface area contributed by atoms with Gasteiger partial charge in [0.05, 0.1) is 18.8 Å². The summed E-state index contributed by atoms with van der Waals surface area (Å²) in [6, 6.07) is 1.15. The molecule has 1 rings (SSSR count). The maximum absolute atomic E-state index is 11.1. The number of hydrogen-bond acceptors (Lipinski definition) is 5. The molecule has 0 saturated heterocycles. The lowest BCUT2D eigenvalue weighted by molar-refractivity contribution is 0.572. The van der Waals surface area contributed by atoms with Crippen LogP contribution in [0.1, 0.15) is 0 Å². The van der Waals surface area contributed by atoms with Crippen LogP contribution in [0.4, 0.5) is 0 Å². The van der Waals surface area contributed by atoms with Crippen LogP contribution in [-0.4, -0.2) is 30.5 Å². The van der Waals surface area contributed by atoms with Crippen molar-refractivity contribution in [3.8, 4) is 6.07 Å². The first-order valence-electron chi connectivity index (χ1n) is 3.81. The molecule has 1 aromatic rings. The Morgan fingerprint density at radius 1 is 1.79 bits per heavy atom. The Hall–Kier alpha value is -1.39. The van der Waals surface area contributed by atoms with Gasteiger partial charge >= 0.3 is 0 Å². The zero-order valence-electron chi connectivity index (χ0n) is 7.58. The fourth-order valence-corrected chi connectivity index (χ4v) is 1.43. The summed E-state index contributed by atoms with van der Waals surface area (Å²) >= 11 is 0. The molecule has 0 aliphatic rings. The van der Waals surface area contributed by atoms with Gasteiger partial charge in [-0.15, -0.1) is 0 Å². The maximum atomic E-state index is 11.1. The quantitative estimate of drug-likeness (QED) is 0.705. The van der Waals surface area contributed by atoms with Crippen LogP contribution in [0.5, 0.6) is 0 Å². The van der Waals surface area contributed by atoms with Gasteiger partial charge in [-0.3, -0.25) is 4.68 Å². The number of nitrogens with two attached hydrogens (primary N) is 1. The molecular formula is C7H10N4O2S. The monoisotopic (exact) mass is 214 g/mol. The number of sulfone groups is 1. The third-order valence-electron chi connectivity index (χ3n) is 1.59. The Bertz CT molecular complexity index is 456. The van der Waals surface area contributed by atoms with Crippen LogP contribution in [0.2, 0.25) is 0 Å². The summed E-state index contributed by atoms with van der Waals surface area (Å²) in [5.74, 6) is 0. The lowest BCUT2D eigenvalue weighted by atomic mass is 10.3. The average molecular weight is 214 g/mol. The molecule has 0 fully saturated rings. The van der Waals surface area contributed by atoms with Gasteiger partial charge in [0, 0.05) is 12.5 Å². The second kappa shape index (κ2) is 3.77. The average Bonchev–Trinajstić information content (AvgIpc) is 2.51. The Morgan fingerprint density at radius 2 is 2.43 bits per heavy atom. The maximum Gasteiger partial charge on any atom is 0.178 e. The van der Waals surface area contributed by atoms with Gasteiger partial charge in [0.1, 0.15) is 10.9 Å². The minimum absolute atomic E-state index is 0.127. The number of rotatable bonds is 3. The molecule has 14 heavy (non-hydrogen) atoms. The van der Waals surface area contributed by atoms with Gasteiger partial charge in [-0.05, 0) is 0 Å². The SMILES string of the molecule is CS(=O)(=O)c1cnn(CC(N)C#N)c1. The van der Waals surface area contributed by atoms with Crippen molar-refractivity contribution in [2.24, 2.45) is 5.73 Å². The van der Waals surface area contributed by atoms with Gasteiger partial charge in [0.15, 0.2) is 9.84 Å². The highest BCUT2D eigenvalue weighted by Gasteiger charge is 2.10. The topological polar surface area (TPSA) is 102 Å². The summed E-state index contributed by atoms with van der Waals surface area (Å²) in [5.41, 5.74) is 5.35. The fraction of sp³-hybridized carbons (Fsp3) is 0.429. The summed E-state index contributed by atoms with van der Waals surface area (Å²) in [6.07, 6.45) is 3.69. The molecule has 0 saturated carbocycles. The van der Waals surface area contributed by atoms with Crippen molar-refractivity contribution < 1.29 is 8.42 Å². The van der Waals surface area contributed by atoms with E-state index in [4.69, 9.17) is 11.0 Å². The number of nitrogens with zero attached hydrogens (tertiary/aromatic N) is 3. The second-order valence-corrected chi connectivity index (χ2v) is 4.92. The predicted octanol–water partition coefficient (Wildman–Crippen LogP) is -0.863. The molecule has 0 radical (unpaired) electrons. The summed E-state index contributed by atoms with van der Waals surface area (Å²) in [4.78, 5) is 0.127. The molecule has 0 aliphatic heterocycles. The molecule has 0 aliphatic carbocycles. The van der Waals surface area contributed by atoms with E-state index in [2.05, 4.69) is 5.10 Å². The van der Waals surface area contributed by atoms with Crippen molar-refractivity contribution in [2.75, 3.05) is 6.26 Å². The molecule has 1 heterocycles. The molecule has 6 nitrogen and oxygen atoms in total. The Kier molecular flexibility index (Phi) is 2.88. The van der Waals surface area contributed by atoms with Crippen molar-refractivity contribution in [2.45, 2.75) is 17.5 Å². The van der Waals surface area contributed by atoms with Crippen LogP contribution in [0, 0.1) is 11.3 Å². The van der Waals surface area contributed by atoms with Gasteiger partial charge in [0.25, 0.3) is 0 Å². The van der Waals surface area contributed by atoms with Crippen molar-refractivity contribution in [1.29, 1.82) is 5.26 Å². The van der Waals surface area contributed by atoms with Gasteiger partial charge in [-0.2, -0.15) is 10.4 Å². The summed E-state index contributed by atoms with van der Waals surface area (Å²) in [7, 11) is -3.23. The third-order valence-corrected chi connectivity index (χ3v) is 2.65. The first-order chi connectivity index (χ1) is 6.43. The minimum atomic E-state index is -3.23. The smallest absolute Gasteiger partial charge is 0.178 e. The molecule has 1 unspecified atom stereocenters. The number of nitriles is 1. The van der Waals surface area contributed by atoms with E-state index in [-0.39, 0.29) is 11.4 Å². The lowest BCUT2D eigenvalue weighted by Gasteiger charge is -2.01. The molecule has 2 N–H and O–H groups in total. The van der Waals surface area contributed by atoms with Gasteiger partial charge in [-0.25, -0.2) is 8.42 Å². The van der Waals surface area contributed by atoms with E-state index in [1.807, 2.05) is 6.07 Å². The van der Waals surface area contributed by atoms with E-state index in [9.17, 15) is 8.42 Å². The zero-order valence-corrected chi connectivity index (χ0v) is 8.40. The first-order valence-corrected chi connectivity index (χ1v) is 5.70. The second-order valence-electron chi connectivity index (χ2n) is 2.91. The fourth-order valence-electron chi connectivity index (χ4n) is 0.878. The van der Waals surface area contributed by atoms with Crippen LogP contribution in [0.25, 0.3) is 0 Å². The normalized spacial score (nSPS) is 13.5. The van der Waals surface area contributed by atoms with Gasteiger partial charge < -0.3 is 5.73 Å². The minimum Gasteiger partial charge on any atom is -0.314 e. The Balaban J connectivity index is 2.86. The third kappa shape index (κ3) is 2.55. The van der Waals surface area contributed by atoms with Crippen molar-refractivity contribution in [3.05, 3.63) is 12.4 Å². The molecule has 7 heteroatoms. The van der Waals surface area contributed by atoms with Crippen molar-refractivity contribution >= 4 is 9.84 Å². The van der Waals surface area contributed by atoms with E-state index in [1.54, 1.807) is 0 Å². The van der Waals surface area contributed by atoms with Crippen molar-refractivity contribution in [3.63, 3.8) is 0 Å².